The van der Waals surface area contributed by atoms with E-state index in [0.29, 0.717) is 36.8 Å². The summed E-state index contributed by atoms with van der Waals surface area (Å²) in [4.78, 5) is 2.33. The summed E-state index contributed by atoms with van der Waals surface area (Å²) in [7, 11) is 0. The van der Waals surface area contributed by atoms with Crippen LogP contribution in [0.3, 0.4) is 0 Å². The van der Waals surface area contributed by atoms with E-state index in [-0.39, 0.29) is 5.41 Å². The summed E-state index contributed by atoms with van der Waals surface area (Å²) < 4.78 is 6.22. The normalized spacial score (nSPS) is 35.0. The van der Waals surface area contributed by atoms with Gasteiger partial charge in [0.2, 0.25) is 0 Å². The van der Waals surface area contributed by atoms with Gasteiger partial charge in [0, 0.05) is 18.6 Å². The Balaban J connectivity index is 1.86. The molecule has 3 heteroatoms. The molecule has 1 N–H and O–H groups in total. The van der Waals surface area contributed by atoms with Crippen molar-refractivity contribution < 1.29 is 9.84 Å². The molecule has 2 aliphatic rings. The molecule has 0 aromatic carbocycles. The number of hydrogen-bond donors (Lipinski definition) is 1. The maximum Gasteiger partial charge on any atom is 0.0900 e. The van der Waals surface area contributed by atoms with E-state index in [1.807, 2.05) is 0 Å². The van der Waals surface area contributed by atoms with E-state index in [9.17, 15) is 5.11 Å². The third kappa shape index (κ3) is 3.09. The van der Waals surface area contributed by atoms with E-state index in [4.69, 9.17) is 4.74 Å². The summed E-state index contributed by atoms with van der Waals surface area (Å²) in [5.74, 6) is 0.794. The predicted octanol–water partition coefficient (Wildman–Crippen LogP) is 3.70. The zero-order valence-electron chi connectivity index (χ0n) is 15.7. The van der Waals surface area contributed by atoms with Gasteiger partial charge in [-0.05, 0) is 63.7 Å². The highest BCUT2D eigenvalue weighted by Crippen LogP contribution is 2.66. The highest BCUT2D eigenvalue weighted by atomic mass is 16.5. The van der Waals surface area contributed by atoms with Gasteiger partial charge in [0.05, 0.1) is 18.8 Å². The fourth-order valence-corrected chi connectivity index (χ4v) is 4.92. The molecule has 2 bridgehead atoms. The molecule has 130 valence electrons. The molecular weight excluding hydrogens is 274 g/mol. The SMILES string of the molecule is CC(C)N(C[C@@H](O)CO[C@H]1C[C@H]2CC[C@@]1(C)C2(C)C)C(C)C. The molecule has 4 atom stereocenters. The molecule has 2 rings (SSSR count). The topological polar surface area (TPSA) is 32.7 Å². The third-order valence-electron chi connectivity index (χ3n) is 6.95. The van der Waals surface area contributed by atoms with Crippen LogP contribution in [0.5, 0.6) is 0 Å². The van der Waals surface area contributed by atoms with Crippen LogP contribution in [0.25, 0.3) is 0 Å². The third-order valence-corrected chi connectivity index (χ3v) is 6.95. The highest BCUT2D eigenvalue weighted by molar-refractivity contribution is 5.11. The number of rotatable bonds is 7. The van der Waals surface area contributed by atoms with Gasteiger partial charge in [-0.15, -0.1) is 0 Å². The summed E-state index contributed by atoms with van der Waals surface area (Å²) in [5.41, 5.74) is 0.664. The molecule has 2 fully saturated rings. The van der Waals surface area contributed by atoms with Crippen LogP contribution in [0.15, 0.2) is 0 Å². The van der Waals surface area contributed by atoms with E-state index in [0.717, 1.165) is 5.92 Å². The second-order valence-corrected chi connectivity index (χ2v) is 8.97. The minimum Gasteiger partial charge on any atom is -0.389 e. The van der Waals surface area contributed by atoms with Gasteiger partial charge in [0.1, 0.15) is 0 Å². The molecule has 2 saturated carbocycles. The lowest BCUT2D eigenvalue weighted by Gasteiger charge is -2.39. The van der Waals surface area contributed by atoms with Crippen molar-refractivity contribution in [1.29, 1.82) is 0 Å². The van der Waals surface area contributed by atoms with Crippen molar-refractivity contribution in [3.8, 4) is 0 Å². The van der Waals surface area contributed by atoms with Crippen molar-refractivity contribution in [3.63, 3.8) is 0 Å². The molecule has 0 unspecified atom stereocenters. The van der Waals surface area contributed by atoms with Crippen LogP contribution in [0, 0.1) is 16.7 Å². The Labute approximate surface area is 137 Å². The van der Waals surface area contributed by atoms with Gasteiger partial charge < -0.3 is 9.84 Å². The maximum absolute atomic E-state index is 10.4. The van der Waals surface area contributed by atoms with Crippen molar-refractivity contribution in [2.75, 3.05) is 13.2 Å². The molecule has 2 aliphatic carbocycles. The Hall–Kier alpha value is -0.120. The number of ether oxygens (including phenoxy) is 1. The molecule has 0 amide bonds. The number of hydrogen-bond acceptors (Lipinski definition) is 3. The summed E-state index contributed by atoms with van der Waals surface area (Å²) in [6, 6.07) is 0.905. The monoisotopic (exact) mass is 311 g/mol. The molecule has 0 radical (unpaired) electrons. The largest absolute Gasteiger partial charge is 0.389 e. The van der Waals surface area contributed by atoms with Crippen LogP contribution in [-0.4, -0.2) is 47.4 Å². The molecular formula is C19H37NO2. The molecule has 3 nitrogen and oxygen atoms in total. The first kappa shape index (κ1) is 18.2. The Morgan fingerprint density at radius 1 is 1.14 bits per heavy atom. The fourth-order valence-electron chi connectivity index (χ4n) is 4.92. The summed E-state index contributed by atoms with van der Waals surface area (Å²) in [6.07, 6.45) is 3.72. The number of aliphatic hydroxyl groups is 1. The molecule has 0 heterocycles. The summed E-state index contributed by atoms with van der Waals surface area (Å²) in [5, 5.41) is 10.4. The van der Waals surface area contributed by atoms with Gasteiger partial charge in [-0.2, -0.15) is 0 Å². The van der Waals surface area contributed by atoms with E-state index in [1.54, 1.807) is 0 Å². The van der Waals surface area contributed by atoms with E-state index in [2.05, 4.69) is 53.4 Å². The molecule has 0 aliphatic heterocycles. The zero-order chi connectivity index (χ0) is 16.7. The average Bonchev–Trinajstić information content (AvgIpc) is 2.74. The van der Waals surface area contributed by atoms with Gasteiger partial charge in [-0.3, -0.25) is 4.90 Å². The standard InChI is InChI=1S/C19H37NO2/c1-13(2)20(14(3)4)11-16(21)12-22-17-10-15-8-9-19(17,7)18(15,5)6/h13-17,21H,8-12H2,1-7H3/t15-,16-,17+,19-/m1/s1. The molecule has 0 aromatic rings. The molecule has 22 heavy (non-hydrogen) atoms. The lowest BCUT2D eigenvalue weighted by molar-refractivity contribution is -0.0819. The average molecular weight is 312 g/mol. The summed E-state index contributed by atoms with van der Waals surface area (Å²) >= 11 is 0. The minimum atomic E-state index is -0.393. The van der Waals surface area contributed by atoms with Gasteiger partial charge >= 0.3 is 0 Å². The van der Waals surface area contributed by atoms with Crippen LogP contribution in [-0.2, 0) is 4.74 Å². The van der Waals surface area contributed by atoms with Crippen LogP contribution < -0.4 is 0 Å². The predicted molar refractivity (Wildman–Crippen MR) is 92.0 cm³/mol. The Kier molecular flexibility index (Phi) is 5.31. The van der Waals surface area contributed by atoms with Crippen LogP contribution in [0.4, 0.5) is 0 Å². The second-order valence-electron chi connectivity index (χ2n) is 8.97. The first-order chi connectivity index (χ1) is 10.1. The fraction of sp³-hybridized carbons (Fsp3) is 1.00. The van der Waals surface area contributed by atoms with E-state index >= 15 is 0 Å². The second kappa shape index (κ2) is 6.41. The van der Waals surface area contributed by atoms with E-state index < -0.39 is 6.10 Å². The van der Waals surface area contributed by atoms with Crippen molar-refractivity contribution in [1.82, 2.24) is 4.90 Å². The van der Waals surface area contributed by atoms with Crippen molar-refractivity contribution in [2.24, 2.45) is 16.7 Å². The van der Waals surface area contributed by atoms with E-state index in [1.165, 1.54) is 19.3 Å². The molecule has 0 aromatic heterocycles. The van der Waals surface area contributed by atoms with Gasteiger partial charge in [-0.1, -0.05) is 20.8 Å². The summed E-state index contributed by atoms with van der Waals surface area (Å²) in [6.45, 7) is 17.1. The molecule has 0 spiro atoms. The highest BCUT2D eigenvalue weighted by Gasteiger charge is 2.61. The van der Waals surface area contributed by atoms with Crippen molar-refractivity contribution in [3.05, 3.63) is 0 Å². The lowest BCUT2D eigenvalue weighted by atomic mass is 9.70. The quantitative estimate of drug-likeness (QED) is 0.778. The van der Waals surface area contributed by atoms with Gasteiger partial charge in [-0.25, -0.2) is 0 Å². The van der Waals surface area contributed by atoms with Crippen LogP contribution in [0.1, 0.15) is 67.7 Å². The van der Waals surface area contributed by atoms with Crippen molar-refractivity contribution in [2.45, 2.75) is 92.0 Å². The van der Waals surface area contributed by atoms with Gasteiger partial charge in [0.25, 0.3) is 0 Å². The molecule has 0 saturated heterocycles. The Morgan fingerprint density at radius 3 is 2.14 bits per heavy atom. The Morgan fingerprint density at radius 2 is 1.73 bits per heavy atom. The number of aliphatic hydroxyl groups excluding tert-OH is 1. The number of fused-ring (bicyclic) bond motifs is 2. The maximum atomic E-state index is 10.4. The lowest BCUT2D eigenvalue weighted by Crippen LogP contribution is -2.44. The van der Waals surface area contributed by atoms with Gasteiger partial charge in [0.15, 0.2) is 0 Å². The van der Waals surface area contributed by atoms with Crippen molar-refractivity contribution >= 4 is 0 Å². The van der Waals surface area contributed by atoms with Crippen LogP contribution >= 0.6 is 0 Å². The minimum absolute atomic E-state index is 0.285. The Bertz CT molecular complexity index is 372. The first-order valence-corrected chi connectivity index (χ1v) is 9.15. The zero-order valence-corrected chi connectivity index (χ0v) is 15.7. The van der Waals surface area contributed by atoms with Crippen LogP contribution in [0.2, 0.25) is 0 Å². The first-order valence-electron chi connectivity index (χ1n) is 9.15. The smallest absolute Gasteiger partial charge is 0.0900 e. The number of nitrogens with zero attached hydrogens (tertiary/aromatic N) is 1.